The SMILES string of the molecule is COc1ccc(NC(N)=NCCS(C)(=O)=O)cc1Cl.I. The van der Waals surface area contributed by atoms with E-state index in [1.807, 2.05) is 0 Å². The van der Waals surface area contributed by atoms with Crippen molar-refractivity contribution < 1.29 is 13.2 Å². The zero-order chi connectivity index (χ0) is 14.5. The number of nitrogens with zero attached hydrogens (tertiary/aromatic N) is 1. The molecule has 1 rings (SSSR count). The predicted octanol–water partition coefficient (Wildman–Crippen LogP) is 1.74. The van der Waals surface area contributed by atoms with Crippen LogP contribution in [0, 0.1) is 0 Å². The second kappa shape index (κ2) is 8.53. The average molecular weight is 434 g/mol. The summed E-state index contributed by atoms with van der Waals surface area (Å²) in [6.45, 7) is 0.113. The van der Waals surface area contributed by atoms with Gasteiger partial charge < -0.3 is 15.8 Å². The maximum Gasteiger partial charge on any atom is 0.193 e. The molecule has 1 aromatic carbocycles. The molecule has 9 heteroatoms. The summed E-state index contributed by atoms with van der Waals surface area (Å²) in [6.07, 6.45) is 1.15. The van der Waals surface area contributed by atoms with E-state index in [9.17, 15) is 8.42 Å². The van der Waals surface area contributed by atoms with Gasteiger partial charge in [-0.3, -0.25) is 4.99 Å². The minimum absolute atomic E-state index is 0. The number of aliphatic imine (C=N–C) groups is 1. The largest absolute Gasteiger partial charge is 0.495 e. The van der Waals surface area contributed by atoms with Crippen LogP contribution in [0.3, 0.4) is 0 Å². The van der Waals surface area contributed by atoms with Crippen LogP contribution in [-0.2, 0) is 9.84 Å². The Kier molecular flexibility index (Phi) is 8.21. The quantitative estimate of drug-likeness (QED) is 0.419. The van der Waals surface area contributed by atoms with E-state index < -0.39 is 9.84 Å². The Morgan fingerprint density at radius 1 is 1.50 bits per heavy atom. The van der Waals surface area contributed by atoms with Crippen molar-refractivity contribution in [2.45, 2.75) is 0 Å². The van der Waals surface area contributed by atoms with Gasteiger partial charge in [0.05, 0.1) is 24.4 Å². The molecular weight excluding hydrogens is 417 g/mol. The van der Waals surface area contributed by atoms with Crippen molar-refractivity contribution in [1.29, 1.82) is 0 Å². The first-order valence-electron chi connectivity index (χ1n) is 5.40. The molecule has 0 aliphatic heterocycles. The van der Waals surface area contributed by atoms with Crippen LogP contribution in [-0.4, -0.2) is 40.0 Å². The van der Waals surface area contributed by atoms with Crippen molar-refractivity contribution in [3.05, 3.63) is 23.2 Å². The summed E-state index contributed by atoms with van der Waals surface area (Å²) in [6, 6.07) is 5.05. The van der Waals surface area contributed by atoms with Crippen LogP contribution in [0.15, 0.2) is 23.2 Å². The molecule has 0 unspecified atom stereocenters. The van der Waals surface area contributed by atoms with E-state index in [1.165, 1.54) is 7.11 Å². The summed E-state index contributed by atoms with van der Waals surface area (Å²) in [7, 11) is -1.51. The number of hydrogen-bond acceptors (Lipinski definition) is 4. The smallest absolute Gasteiger partial charge is 0.193 e. The highest BCUT2D eigenvalue weighted by atomic mass is 127. The standard InChI is InChI=1S/C11H16ClN3O3S.HI/c1-18-10-4-3-8(7-9(10)12)15-11(13)14-5-6-19(2,16)17;/h3-4,7H,5-6H2,1-2H3,(H3,13,14,15);1H. The van der Waals surface area contributed by atoms with E-state index in [-0.39, 0.29) is 42.2 Å². The number of methoxy groups -OCH3 is 1. The molecule has 0 spiro atoms. The lowest BCUT2D eigenvalue weighted by Gasteiger charge is -2.08. The minimum atomic E-state index is -3.04. The number of halogens is 2. The number of guanidine groups is 1. The molecular formula is C11H17ClIN3O3S. The summed E-state index contributed by atoms with van der Waals surface area (Å²) in [5.41, 5.74) is 6.27. The Morgan fingerprint density at radius 2 is 2.15 bits per heavy atom. The third-order valence-corrected chi connectivity index (χ3v) is 3.39. The van der Waals surface area contributed by atoms with Crippen molar-refractivity contribution in [2.75, 3.05) is 31.0 Å². The number of rotatable bonds is 5. The Balaban J connectivity index is 0.00000361. The first-order chi connectivity index (χ1) is 8.81. The molecule has 0 heterocycles. The van der Waals surface area contributed by atoms with Crippen molar-refractivity contribution in [3.63, 3.8) is 0 Å². The van der Waals surface area contributed by atoms with Gasteiger partial charge in [-0.1, -0.05) is 11.6 Å². The molecule has 0 saturated heterocycles. The van der Waals surface area contributed by atoms with E-state index in [1.54, 1.807) is 18.2 Å². The third kappa shape index (κ3) is 7.15. The fraction of sp³-hybridized carbons (Fsp3) is 0.364. The van der Waals surface area contributed by atoms with Gasteiger partial charge in [0.1, 0.15) is 15.6 Å². The number of anilines is 1. The maximum absolute atomic E-state index is 10.9. The molecule has 0 saturated carbocycles. The Hall–Kier alpha value is -0.740. The van der Waals surface area contributed by atoms with Crippen molar-refractivity contribution in [3.8, 4) is 5.75 Å². The van der Waals surface area contributed by atoms with Crippen LogP contribution in [0.2, 0.25) is 5.02 Å². The van der Waals surface area contributed by atoms with Crippen LogP contribution in [0.25, 0.3) is 0 Å². The van der Waals surface area contributed by atoms with Gasteiger partial charge in [-0.2, -0.15) is 0 Å². The normalized spacial score (nSPS) is 11.7. The topological polar surface area (TPSA) is 93.8 Å². The molecule has 0 aromatic heterocycles. The van der Waals surface area contributed by atoms with Crippen LogP contribution < -0.4 is 15.8 Å². The number of benzene rings is 1. The second-order valence-electron chi connectivity index (χ2n) is 3.87. The molecule has 6 nitrogen and oxygen atoms in total. The van der Waals surface area contributed by atoms with Gasteiger partial charge in [-0.25, -0.2) is 8.42 Å². The highest BCUT2D eigenvalue weighted by Gasteiger charge is 2.03. The van der Waals surface area contributed by atoms with Crippen LogP contribution >= 0.6 is 35.6 Å². The molecule has 0 radical (unpaired) electrons. The van der Waals surface area contributed by atoms with Gasteiger partial charge in [0.15, 0.2) is 5.96 Å². The second-order valence-corrected chi connectivity index (χ2v) is 6.54. The van der Waals surface area contributed by atoms with E-state index >= 15 is 0 Å². The fourth-order valence-corrected chi connectivity index (χ4v) is 1.94. The molecule has 0 amide bonds. The zero-order valence-corrected chi connectivity index (χ0v) is 15.0. The van der Waals surface area contributed by atoms with E-state index in [4.69, 9.17) is 22.1 Å². The van der Waals surface area contributed by atoms with Gasteiger partial charge in [0, 0.05) is 11.9 Å². The molecule has 0 bridgehead atoms. The number of ether oxygens (including phenoxy) is 1. The summed E-state index contributed by atoms with van der Waals surface area (Å²) in [5, 5.41) is 3.25. The molecule has 20 heavy (non-hydrogen) atoms. The molecule has 1 aromatic rings. The van der Waals surface area contributed by atoms with Crippen LogP contribution in [0.1, 0.15) is 0 Å². The molecule has 0 aliphatic rings. The summed E-state index contributed by atoms with van der Waals surface area (Å²) >= 11 is 5.95. The lowest BCUT2D eigenvalue weighted by atomic mass is 10.3. The van der Waals surface area contributed by atoms with Crippen LogP contribution in [0.4, 0.5) is 5.69 Å². The minimum Gasteiger partial charge on any atom is -0.495 e. The number of hydrogen-bond donors (Lipinski definition) is 2. The lowest BCUT2D eigenvalue weighted by molar-refractivity contribution is 0.415. The molecule has 0 atom stereocenters. The number of sulfone groups is 1. The van der Waals surface area contributed by atoms with Crippen molar-refractivity contribution >= 4 is 57.1 Å². The van der Waals surface area contributed by atoms with Crippen molar-refractivity contribution in [1.82, 2.24) is 0 Å². The van der Waals surface area contributed by atoms with E-state index in [0.29, 0.717) is 16.5 Å². The van der Waals surface area contributed by atoms with Gasteiger partial charge in [0.2, 0.25) is 0 Å². The van der Waals surface area contributed by atoms with Gasteiger partial charge >= 0.3 is 0 Å². The molecule has 3 N–H and O–H groups in total. The Labute approximate surface area is 140 Å². The Morgan fingerprint density at radius 3 is 2.65 bits per heavy atom. The summed E-state index contributed by atoms with van der Waals surface area (Å²) in [4.78, 5) is 3.91. The zero-order valence-electron chi connectivity index (χ0n) is 11.1. The maximum atomic E-state index is 10.9. The lowest BCUT2D eigenvalue weighted by Crippen LogP contribution is -2.23. The molecule has 0 fully saturated rings. The first-order valence-corrected chi connectivity index (χ1v) is 7.84. The van der Waals surface area contributed by atoms with E-state index in [2.05, 4.69) is 10.3 Å². The summed E-state index contributed by atoms with van der Waals surface area (Å²) in [5.74, 6) is 0.642. The van der Waals surface area contributed by atoms with Gasteiger partial charge in [-0.15, -0.1) is 24.0 Å². The van der Waals surface area contributed by atoms with Crippen LogP contribution in [0.5, 0.6) is 5.75 Å². The van der Waals surface area contributed by atoms with E-state index in [0.717, 1.165) is 6.26 Å². The predicted molar refractivity (Wildman–Crippen MR) is 93.2 cm³/mol. The van der Waals surface area contributed by atoms with Gasteiger partial charge in [-0.05, 0) is 18.2 Å². The highest BCUT2D eigenvalue weighted by molar-refractivity contribution is 14.0. The Bertz CT molecular complexity index is 578. The molecule has 114 valence electrons. The highest BCUT2D eigenvalue weighted by Crippen LogP contribution is 2.26. The average Bonchev–Trinajstić information content (AvgIpc) is 2.27. The number of nitrogens with one attached hydrogen (secondary N) is 1. The van der Waals surface area contributed by atoms with Crippen molar-refractivity contribution in [2.24, 2.45) is 10.7 Å². The molecule has 0 aliphatic carbocycles. The third-order valence-electron chi connectivity index (χ3n) is 2.17. The summed E-state index contributed by atoms with van der Waals surface area (Å²) < 4.78 is 26.9. The number of nitrogens with two attached hydrogens (primary N) is 1. The monoisotopic (exact) mass is 433 g/mol. The first kappa shape index (κ1) is 19.3. The fourth-order valence-electron chi connectivity index (χ4n) is 1.26. The van der Waals surface area contributed by atoms with Gasteiger partial charge in [0.25, 0.3) is 0 Å².